The molecule has 5 aliphatic carbocycles. The standard InChI is InChI=1S/C27H44O3.C4H8/c1-23(2)19-10-14-26(5)20(24(19,3)13-11-21(23)28)9-8-17-18-7-6-12-27(18,22(29)30)16-15-25(17,26)4;1-4(2)3/h17-21,28H,6-16H2,1-5H3,(H,29,30);1H2,2-3H3/t17-,18+,19+,20-,21-,24+,25-,26-,27+;/m1./s1. The molecule has 0 aromatic carbocycles. The molecule has 0 amide bonds. The molecule has 5 rings (SSSR count). The molecule has 0 unspecified atom stereocenters. The van der Waals surface area contributed by atoms with Crippen molar-refractivity contribution >= 4 is 5.97 Å². The van der Waals surface area contributed by atoms with Crippen LogP contribution in [0.4, 0.5) is 0 Å². The van der Waals surface area contributed by atoms with Crippen LogP contribution in [0.5, 0.6) is 0 Å². The lowest BCUT2D eigenvalue weighted by atomic mass is 9.32. The fourth-order valence-corrected chi connectivity index (χ4v) is 10.9. The summed E-state index contributed by atoms with van der Waals surface area (Å²) in [4.78, 5) is 12.4. The van der Waals surface area contributed by atoms with E-state index in [9.17, 15) is 15.0 Å². The molecule has 0 aliphatic heterocycles. The zero-order valence-corrected chi connectivity index (χ0v) is 23.2. The third-order valence-electron chi connectivity index (χ3n) is 12.8. The van der Waals surface area contributed by atoms with Gasteiger partial charge in [-0.2, -0.15) is 0 Å². The number of fused-ring (bicyclic) bond motifs is 7. The Labute approximate surface area is 209 Å². The summed E-state index contributed by atoms with van der Waals surface area (Å²) < 4.78 is 0. The van der Waals surface area contributed by atoms with Crippen LogP contribution in [0.3, 0.4) is 0 Å². The average Bonchev–Trinajstić information content (AvgIpc) is 3.17. The first-order valence-corrected chi connectivity index (χ1v) is 14.2. The van der Waals surface area contributed by atoms with Gasteiger partial charge in [0, 0.05) is 0 Å². The summed E-state index contributed by atoms with van der Waals surface area (Å²) >= 11 is 0. The lowest BCUT2D eigenvalue weighted by molar-refractivity contribution is -0.246. The summed E-state index contributed by atoms with van der Waals surface area (Å²) in [6, 6.07) is 0. The van der Waals surface area contributed by atoms with Gasteiger partial charge in [-0.3, -0.25) is 4.79 Å². The molecule has 3 nitrogen and oxygen atoms in total. The van der Waals surface area contributed by atoms with Crippen LogP contribution in [0, 0.1) is 50.7 Å². The van der Waals surface area contributed by atoms with Crippen LogP contribution in [-0.2, 0) is 4.79 Å². The highest BCUT2D eigenvalue weighted by molar-refractivity contribution is 5.76. The topological polar surface area (TPSA) is 57.5 Å². The predicted octanol–water partition coefficient (Wildman–Crippen LogP) is 7.87. The second kappa shape index (κ2) is 8.35. The number of aliphatic hydroxyl groups is 1. The zero-order valence-electron chi connectivity index (χ0n) is 23.2. The Morgan fingerprint density at radius 1 is 0.765 bits per heavy atom. The Bertz CT molecular complexity index is 827. The van der Waals surface area contributed by atoms with Gasteiger partial charge >= 0.3 is 5.97 Å². The number of hydrogen-bond donors (Lipinski definition) is 2. The molecule has 0 bridgehead atoms. The molecule has 5 aliphatic rings. The van der Waals surface area contributed by atoms with E-state index in [0.717, 1.165) is 44.9 Å². The first-order chi connectivity index (χ1) is 15.7. The highest BCUT2D eigenvalue weighted by atomic mass is 16.4. The molecule has 34 heavy (non-hydrogen) atoms. The van der Waals surface area contributed by atoms with Crippen molar-refractivity contribution in [3.05, 3.63) is 12.2 Å². The van der Waals surface area contributed by atoms with Crippen molar-refractivity contribution in [3.63, 3.8) is 0 Å². The molecule has 0 spiro atoms. The molecule has 194 valence electrons. The highest BCUT2D eigenvalue weighted by Crippen LogP contribution is 2.76. The highest BCUT2D eigenvalue weighted by Gasteiger charge is 2.70. The van der Waals surface area contributed by atoms with Crippen LogP contribution in [0.25, 0.3) is 0 Å². The summed E-state index contributed by atoms with van der Waals surface area (Å²) in [7, 11) is 0. The molecule has 9 atom stereocenters. The van der Waals surface area contributed by atoms with Crippen LogP contribution in [0.2, 0.25) is 0 Å². The maximum absolute atomic E-state index is 12.4. The molecular weight excluding hydrogens is 420 g/mol. The predicted molar refractivity (Wildman–Crippen MR) is 139 cm³/mol. The largest absolute Gasteiger partial charge is 0.481 e. The van der Waals surface area contributed by atoms with Crippen LogP contribution in [0.1, 0.15) is 119 Å². The van der Waals surface area contributed by atoms with E-state index in [1.807, 2.05) is 13.8 Å². The number of hydrogen-bond acceptors (Lipinski definition) is 2. The van der Waals surface area contributed by atoms with Gasteiger partial charge in [0.05, 0.1) is 11.5 Å². The van der Waals surface area contributed by atoms with Gasteiger partial charge in [0.1, 0.15) is 0 Å². The fraction of sp³-hybridized carbons (Fsp3) is 0.903. The van der Waals surface area contributed by atoms with Gasteiger partial charge in [-0.15, -0.1) is 6.58 Å². The van der Waals surface area contributed by atoms with E-state index < -0.39 is 11.4 Å². The monoisotopic (exact) mass is 472 g/mol. The van der Waals surface area contributed by atoms with Gasteiger partial charge in [0.25, 0.3) is 0 Å². The Morgan fingerprint density at radius 3 is 2.03 bits per heavy atom. The number of allylic oxidation sites excluding steroid dienone is 1. The van der Waals surface area contributed by atoms with E-state index >= 15 is 0 Å². The first kappa shape index (κ1) is 26.2. The summed E-state index contributed by atoms with van der Waals surface area (Å²) in [5.74, 6) is 1.77. The third kappa shape index (κ3) is 3.41. The van der Waals surface area contributed by atoms with Crippen LogP contribution < -0.4 is 0 Å². The van der Waals surface area contributed by atoms with E-state index in [0.29, 0.717) is 34.5 Å². The molecule has 5 saturated carbocycles. The zero-order chi connectivity index (χ0) is 25.3. The number of aliphatic hydroxyl groups excluding tert-OH is 1. The molecule has 0 radical (unpaired) electrons. The van der Waals surface area contributed by atoms with Crippen molar-refractivity contribution in [1.29, 1.82) is 0 Å². The molecule has 3 heteroatoms. The second-order valence-electron chi connectivity index (χ2n) is 14.7. The van der Waals surface area contributed by atoms with Crippen LogP contribution >= 0.6 is 0 Å². The summed E-state index contributed by atoms with van der Waals surface area (Å²) in [6.07, 6.45) is 12.0. The van der Waals surface area contributed by atoms with Gasteiger partial charge in [0.2, 0.25) is 0 Å². The number of carboxylic acid groups (broad SMARTS) is 1. The quantitative estimate of drug-likeness (QED) is 0.382. The SMILES string of the molecule is C=C(C)C.CC1(C)[C@H](O)CC[C@]2(C)[C@H]3CC[C@@H]4[C@@H]5CCC[C@]5(C(=O)O)CC[C@@]4(C)[C@]3(C)CC[C@@H]12. The van der Waals surface area contributed by atoms with Gasteiger partial charge < -0.3 is 10.2 Å². The van der Waals surface area contributed by atoms with Gasteiger partial charge in [-0.25, -0.2) is 0 Å². The maximum atomic E-state index is 12.4. The average molecular weight is 473 g/mol. The van der Waals surface area contributed by atoms with Crippen molar-refractivity contribution in [2.24, 2.45) is 50.7 Å². The Balaban J connectivity index is 0.000000636. The minimum Gasteiger partial charge on any atom is -0.481 e. The number of aliphatic carboxylic acids is 1. The van der Waals surface area contributed by atoms with Crippen molar-refractivity contribution < 1.29 is 15.0 Å². The van der Waals surface area contributed by atoms with Crippen molar-refractivity contribution in [1.82, 2.24) is 0 Å². The minimum absolute atomic E-state index is 0.00254. The molecule has 0 heterocycles. The van der Waals surface area contributed by atoms with E-state index in [1.54, 1.807) is 0 Å². The smallest absolute Gasteiger partial charge is 0.309 e. The molecule has 2 N–H and O–H groups in total. The Kier molecular flexibility index (Phi) is 6.45. The molecule has 5 fully saturated rings. The van der Waals surface area contributed by atoms with E-state index in [2.05, 4.69) is 41.2 Å². The maximum Gasteiger partial charge on any atom is 0.309 e. The van der Waals surface area contributed by atoms with E-state index in [4.69, 9.17) is 0 Å². The van der Waals surface area contributed by atoms with Crippen molar-refractivity contribution in [2.45, 2.75) is 125 Å². The molecule has 0 aromatic rings. The van der Waals surface area contributed by atoms with Gasteiger partial charge in [0.15, 0.2) is 0 Å². The molecule has 0 saturated heterocycles. The van der Waals surface area contributed by atoms with Crippen LogP contribution in [0.15, 0.2) is 12.2 Å². The number of carbonyl (C=O) groups is 1. The van der Waals surface area contributed by atoms with Gasteiger partial charge in [-0.05, 0) is 123 Å². The van der Waals surface area contributed by atoms with Gasteiger partial charge in [-0.1, -0.05) is 46.6 Å². The van der Waals surface area contributed by atoms with Crippen LogP contribution in [-0.4, -0.2) is 22.3 Å². The lowest BCUT2D eigenvalue weighted by Gasteiger charge is -2.72. The van der Waals surface area contributed by atoms with Crippen molar-refractivity contribution in [2.75, 3.05) is 0 Å². The van der Waals surface area contributed by atoms with E-state index in [1.165, 1.54) is 31.3 Å². The lowest BCUT2D eigenvalue weighted by Crippen LogP contribution is -2.66. The number of carboxylic acids is 1. The summed E-state index contributed by atoms with van der Waals surface area (Å²) in [5, 5.41) is 21.0. The molecule has 0 aromatic heterocycles. The Morgan fingerprint density at radius 2 is 1.41 bits per heavy atom. The molecular formula is C31H52O3. The normalized spacial score (nSPS) is 51.0. The first-order valence-electron chi connectivity index (χ1n) is 14.2. The Hall–Kier alpha value is -0.830. The number of rotatable bonds is 1. The fourth-order valence-electron chi connectivity index (χ4n) is 10.9. The summed E-state index contributed by atoms with van der Waals surface area (Å²) in [5.41, 5.74) is 1.61. The van der Waals surface area contributed by atoms with Crippen molar-refractivity contribution in [3.8, 4) is 0 Å². The third-order valence-corrected chi connectivity index (χ3v) is 12.8. The minimum atomic E-state index is -0.502. The van der Waals surface area contributed by atoms with E-state index in [-0.39, 0.29) is 16.9 Å². The second-order valence-corrected chi connectivity index (χ2v) is 14.7. The summed E-state index contributed by atoms with van der Waals surface area (Å²) in [6.45, 7) is 19.9.